The van der Waals surface area contributed by atoms with Gasteiger partial charge in [0.15, 0.2) is 0 Å². The minimum atomic E-state index is -3.15. The average Bonchev–Trinajstić information content (AvgIpc) is 3.25. The van der Waals surface area contributed by atoms with Crippen molar-refractivity contribution < 1.29 is 8.42 Å². The highest BCUT2D eigenvalue weighted by Gasteiger charge is 2.23. The van der Waals surface area contributed by atoms with E-state index in [0.717, 1.165) is 62.6 Å². The van der Waals surface area contributed by atoms with Gasteiger partial charge in [-0.25, -0.2) is 18.1 Å². The monoisotopic (exact) mass is 478 g/mol. The van der Waals surface area contributed by atoms with Gasteiger partial charge in [-0.3, -0.25) is 0 Å². The third-order valence-electron chi connectivity index (χ3n) is 6.18. The van der Waals surface area contributed by atoms with E-state index in [4.69, 9.17) is 4.98 Å². The molecule has 1 aromatic heterocycles. The largest absolute Gasteiger partial charge is 0.347 e. The van der Waals surface area contributed by atoms with Crippen molar-refractivity contribution in [2.24, 2.45) is 5.92 Å². The first-order valence-electron chi connectivity index (χ1n) is 12.1. The van der Waals surface area contributed by atoms with Gasteiger partial charge in [0, 0.05) is 37.6 Å². The van der Waals surface area contributed by atoms with Gasteiger partial charge in [-0.1, -0.05) is 68.9 Å². The number of unbranched alkanes of at least 4 members (excludes halogenated alkanes) is 5. The van der Waals surface area contributed by atoms with Gasteiger partial charge in [-0.05, 0) is 37.7 Å². The van der Waals surface area contributed by atoms with Crippen LogP contribution in [0.2, 0.25) is 0 Å². The average molecular weight is 479 g/mol. The van der Waals surface area contributed by atoms with Crippen molar-refractivity contribution in [2.45, 2.75) is 71.6 Å². The van der Waals surface area contributed by atoms with Crippen molar-refractivity contribution in [3.63, 3.8) is 0 Å². The Morgan fingerprint density at radius 1 is 1.06 bits per heavy atom. The molecule has 1 fully saturated rings. The van der Waals surface area contributed by atoms with Crippen molar-refractivity contribution in [1.29, 1.82) is 0 Å². The van der Waals surface area contributed by atoms with Crippen LogP contribution in [0.3, 0.4) is 0 Å². The molecule has 2 heterocycles. The number of nitrogens with one attached hydrogen (secondary N) is 1. The van der Waals surface area contributed by atoms with E-state index in [0.29, 0.717) is 12.5 Å². The maximum absolute atomic E-state index is 12.3. The summed E-state index contributed by atoms with van der Waals surface area (Å²) in [5, 5.41) is 0.981. The minimum Gasteiger partial charge on any atom is -0.347 e. The number of hydrogen-bond acceptors (Lipinski definition) is 6. The van der Waals surface area contributed by atoms with Gasteiger partial charge in [0.25, 0.3) is 0 Å². The fraction of sp³-hybridized carbons (Fsp3) is 0.667. The second kappa shape index (κ2) is 12.7. The van der Waals surface area contributed by atoms with Crippen LogP contribution in [0.5, 0.6) is 0 Å². The smallest absolute Gasteiger partial charge is 0.211 e. The first-order chi connectivity index (χ1) is 15.4. The maximum Gasteiger partial charge on any atom is 0.211 e. The molecule has 0 saturated carbocycles. The predicted octanol–water partition coefficient (Wildman–Crippen LogP) is 4.93. The predicted molar refractivity (Wildman–Crippen MR) is 134 cm³/mol. The third kappa shape index (κ3) is 8.45. The van der Waals surface area contributed by atoms with Crippen LogP contribution in [0, 0.1) is 12.8 Å². The fourth-order valence-electron chi connectivity index (χ4n) is 4.05. The van der Waals surface area contributed by atoms with Crippen LogP contribution in [0.25, 0.3) is 0 Å². The van der Waals surface area contributed by atoms with E-state index >= 15 is 0 Å². The number of benzene rings is 1. The molecule has 6 nitrogen and oxygen atoms in total. The maximum atomic E-state index is 12.3. The molecule has 0 amide bonds. The van der Waals surface area contributed by atoms with Crippen molar-refractivity contribution in [3.8, 4) is 0 Å². The summed E-state index contributed by atoms with van der Waals surface area (Å²) in [6.07, 6.45) is 9.30. The quantitative estimate of drug-likeness (QED) is 0.413. The Balaban J connectivity index is 1.36. The molecular formula is C24H38N4O2S2. The first-order valence-corrected chi connectivity index (χ1v) is 14.5. The van der Waals surface area contributed by atoms with E-state index < -0.39 is 10.0 Å². The van der Waals surface area contributed by atoms with Crippen LogP contribution in [0.15, 0.2) is 24.3 Å². The second-order valence-electron chi connectivity index (χ2n) is 9.02. The van der Waals surface area contributed by atoms with Crippen LogP contribution in [0.4, 0.5) is 5.13 Å². The number of piperidine rings is 1. The molecule has 1 N–H and O–H groups in total. The van der Waals surface area contributed by atoms with Gasteiger partial charge in [0.05, 0.1) is 5.75 Å². The van der Waals surface area contributed by atoms with E-state index in [1.165, 1.54) is 41.9 Å². The molecule has 1 aromatic carbocycles. The minimum absolute atomic E-state index is 0.256. The molecule has 0 radical (unpaired) electrons. The molecule has 0 bridgehead atoms. The first kappa shape index (κ1) is 25.1. The fourth-order valence-corrected chi connectivity index (χ4v) is 6.01. The lowest BCUT2D eigenvalue weighted by molar-refractivity contribution is 0.401. The summed E-state index contributed by atoms with van der Waals surface area (Å²) in [5.41, 5.74) is 2.49. The lowest BCUT2D eigenvalue weighted by Gasteiger charge is -2.31. The molecule has 2 aromatic rings. The van der Waals surface area contributed by atoms with Crippen molar-refractivity contribution in [3.05, 3.63) is 41.2 Å². The Bertz CT molecular complexity index is 904. The summed E-state index contributed by atoms with van der Waals surface area (Å²) in [4.78, 5) is 7.03. The third-order valence-corrected chi connectivity index (χ3v) is 8.43. The molecular weight excluding hydrogens is 440 g/mol. The van der Waals surface area contributed by atoms with Crippen molar-refractivity contribution in [1.82, 2.24) is 14.1 Å². The van der Waals surface area contributed by atoms with Gasteiger partial charge in [-0.2, -0.15) is 4.37 Å². The lowest BCUT2D eigenvalue weighted by Crippen LogP contribution is -2.39. The summed E-state index contributed by atoms with van der Waals surface area (Å²) in [7, 11) is -3.15. The van der Waals surface area contributed by atoms with Crippen LogP contribution in [-0.4, -0.2) is 43.2 Å². The van der Waals surface area contributed by atoms with Crippen molar-refractivity contribution in [2.75, 3.05) is 30.3 Å². The summed E-state index contributed by atoms with van der Waals surface area (Å²) in [6, 6.07) is 8.51. The normalized spacial score (nSPS) is 15.4. The standard InChI is InChI=1S/C24H38N4O2S2/c1-3-4-5-6-7-8-17-32(29,30)25-19-22-13-15-28(16-14-22)24-26-23(27-31-24)18-21-11-9-20(2)10-12-21/h9-12,22,25H,3-8,13-19H2,1-2H3. The summed E-state index contributed by atoms with van der Waals surface area (Å²) < 4.78 is 32.0. The highest BCUT2D eigenvalue weighted by atomic mass is 32.2. The summed E-state index contributed by atoms with van der Waals surface area (Å²) in [6.45, 7) is 6.65. The zero-order valence-electron chi connectivity index (χ0n) is 19.6. The summed E-state index contributed by atoms with van der Waals surface area (Å²) in [5.74, 6) is 1.52. The van der Waals surface area contributed by atoms with E-state index in [1.807, 2.05) is 0 Å². The number of rotatable bonds is 13. The van der Waals surface area contributed by atoms with E-state index in [1.54, 1.807) is 0 Å². The highest BCUT2D eigenvalue weighted by Crippen LogP contribution is 2.25. The zero-order chi connectivity index (χ0) is 22.8. The van der Waals surface area contributed by atoms with Crippen LogP contribution >= 0.6 is 11.5 Å². The van der Waals surface area contributed by atoms with Gasteiger partial charge < -0.3 is 4.90 Å². The molecule has 0 aliphatic carbocycles. The van der Waals surface area contributed by atoms with E-state index in [-0.39, 0.29) is 5.75 Å². The Hall–Kier alpha value is -1.51. The highest BCUT2D eigenvalue weighted by molar-refractivity contribution is 7.89. The molecule has 1 aliphatic heterocycles. The number of aromatic nitrogens is 2. The molecule has 3 rings (SSSR count). The number of hydrogen-bond donors (Lipinski definition) is 1. The van der Waals surface area contributed by atoms with Crippen LogP contribution in [-0.2, 0) is 16.4 Å². The Morgan fingerprint density at radius 3 is 2.47 bits per heavy atom. The lowest BCUT2D eigenvalue weighted by atomic mass is 9.97. The molecule has 32 heavy (non-hydrogen) atoms. The van der Waals surface area contributed by atoms with Gasteiger partial charge >= 0.3 is 0 Å². The summed E-state index contributed by atoms with van der Waals surface area (Å²) >= 11 is 1.47. The van der Waals surface area contributed by atoms with Crippen LogP contribution < -0.4 is 9.62 Å². The Kier molecular flexibility index (Phi) is 9.93. The molecule has 0 spiro atoms. The Morgan fingerprint density at radius 2 is 1.75 bits per heavy atom. The van der Waals surface area contributed by atoms with E-state index in [9.17, 15) is 8.42 Å². The number of sulfonamides is 1. The molecule has 1 saturated heterocycles. The van der Waals surface area contributed by atoms with Crippen LogP contribution in [0.1, 0.15) is 75.2 Å². The second-order valence-corrected chi connectivity index (χ2v) is 11.7. The number of anilines is 1. The van der Waals surface area contributed by atoms with E-state index in [2.05, 4.69) is 52.1 Å². The van der Waals surface area contributed by atoms with Crippen molar-refractivity contribution >= 4 is 26.7 Å². The number of nitrogens with zero attached hydrogens (tertiary/aromatic N) is 3. The molecule has 1 aliphatic rings. The SMILES string of the molecule is CCCCCCCCS(=O)(=O)NCC1CCN(c2nc(Cc3ccc(C)cc3)ns2)CC1. The number of aryl methyl sites for hydroxylation is 1. The van der Waals surface area contributed by atoms with Gasteiger partial charge in [-0.15, -0.1) is 0 Å². The molecule has 0 atom stereocenters. The van der Waals surface area contributed by atoms with Gasteiger partial charge in [0.1, 0.15) is 5.82 Å². The van der Waals surface area contributed by atoms with Gasteiger partial charge in [0.2, 0.25) is 15.2 Å². The molecule has 0 unspecified atom stereocenters. The topological polar surface area (TPSA) is 75.2 Å². The molecule has 8 heteroatoms. The Labute approximate surface area is 198 Å². The molecule has 178 valence electrons. The zero-order valence-corrected chi connectivity index (χ0v) is 21.2.